The van der Waals surface area contributed by atoms with Crippen LogP contribution in [0.4, 0.5) is 0 Å². The van der Waals surface area contributed by atoms with E-state index in [0.717, 1.165) is 11.3 Å². The monoisotopic (exact) mass is 208 g/mol. The van der Waals surface area contributed by atoms with Crippen molar-refractivity contribution >= 4 is 0 Å². The standard InChI is InChI=1S/C13H20O2/c1-9(2)12-8-11(7-10(3)14)5-6-13(12)15-4/h5-6,8-10,14H,7H2,1-4H3. The van der Waals surface area contributed by atoms with Crippen molar-refractivity contribution in [1.82, 2.24) is 0 Å². The van der Waals surface area contributed by atoms with Crippen LogP contribution in [0.5, 0.6) is 5.75 Å². The number of hydrogen-bond acceptors (Lipinski definition) is 2. The zero-order valence-corrected chi connectivity index (χ0v) is 9.95. The molecule has 0 amide bonds. The van der Waals surface area contributed by atoms with Crippen LogP contribution in [0.25, 0.3) is 0 Å². The molecule has 1 atom stereocenters. The van der Waals surface area contributed by atoms with Gasteiger partial charge in [-0.1, -0.05) is 26.0 Å². The number of benzene rings is 1. The quantitative estimate of drug-likeness (QED) is 0.824. The molecule has 0 saturated carbocycles. The van der Waals surface area contributed by atoms with Crippen molar-refractivity contribution in [2.75, 3.05) is 7.11 Å². The molecule has 0 fully saturated rings. The molecule has 1 aromatic rings. The van der Waals surface area contributed by atoms with E-state index in [0.29, 0.717) is 12.3 Å². The first-order chi connectivity index (χ1) is 7.04. The van der Waals surface area contributed by atoms with E-state index in [1.807, 2.05) is 12.1 Å². The van der Waals surface area contributed by atoms with E-state index in [-0.39, 0.29) is 6.10 Å². The highest BCUT2D eigenvalue weighted by molar-refractivity contribution is 5.39. The van der Waals surface area contributed by atoms with Gasteiger partial charge in [0.1, 0.15) is 5.75 Å². The fourth-order valence-corrected chi connectivity index (χ4v) is 1.70. The molecule has 0 heterocycles. The van der Waals surface area contributed by atoms with Gasteiger partial charge in [0.15, 0.2) is 0 Å². The molecule has 15 heavy (non-hydrogen) atoms. The Morgan fingerprint density at radius 3 is 2.40 bits per heavy atom. The minimum Gasteiger partial charge on any atom is -0.496 e. The molecule has 2 nitrogen and oxygen atoms in total. The highest BCUT2D eigenvalue weighted by Crippen LogP contribution is 2.27. The molecular weight excluding hydrogens is 188 g/mol. The van der Waals surface area contributed by atoms with Crippen molar-refractivity contribution in [1.29, 1.82) is 0 Å². The minimum atomic E-state index is -0.293. The smallest absolute Gasteiger partial charge is 0.122 e. The van der Waals surface area contributed by atoms with Crippen molar-refractivity contribution in [3.05, 3.63) is 29.3 Å². The lowest BCUT2D eigenvalue weighted by Gasteiger charge is -2.14. The lowest BCUT2D eigenvalue weighted by molar-refractivity contribution is 0.195. The van der Waals surface area contributed by atoms with Crippen LogP contribution < -0.4 is 4.74 Å². The van der Waals surface area contributed by atoms with E-state index in [4.69, 9.17) is 4.74 Å². The summed E-state index contributed by atoms with van der Waals surface area (Å²) in [6.45, 7) is 6.09. The normalized spacial score (nSPS) is 12.9. The minimum absolute atomic E-state index is 0.293. The molecule has 0 aliphatic heterocycles. The van der Waals surface area contributed by atoms with Crippen molar-refractivity contribution < 1.29 is 9.84 Å². The summed E-state index contributed by atoms with van der Waals surface area (Å²) in [7, 11) is 1.69. The molecule has 1 aromatic carbocycles. The molecule has 2 heteroatoms. The Balaban J connectivity index is 2.99. The summed E-state index contributed by atoms with van der Waals surface area (Å²) < 4.78 is 5.30. The molecule has 84 valence electrons. The number of aliphatic hydroxyl groups is 1. The zero-order valence-electron chi connectivity index (χ0n) is 9.95. The van der Waals surface area contributed by atoms with E-state index in [1.54, 1.807) is 14.0 Å². The molecular formula is C13H20O2. The summed E-state index contributed by atoms with van der Waals surface area (Å²) in [4.78, 5) is 0. The van der Waals surface area contributed by atoms with Gasteiger partial charge in [-0.15, -0.1) is 0 Å². The van der Waals surface area contributed by atoms with E-state index in [9.17, 15) is 5.11 Å². The summed E-state index contributed by atoms with van der Waals surface area (Å²) in [5.41, 5.74) is 2.37. The van der Waals surface area contributed by atoms with Crippen molar-refractivity contribution in [3.8, 4) is 5.75 Å². The van der Waals surface area contributed by atoms with E-state index in [2.05, 4.69) is 19.9 Å². The number of ether oxygens (including phenoxy) is 1. The van der Waals surface area contributed by atoms with Gasteiger partial charge in [0.2, 0.25) is 0 Å². The lowest BCUT2D eigenvalue weighted by atomic mass is 9.97. The highest BCUT2D eigenvalue weighted by atomic mass is 16.5. The van der Waals surface area contributed by atoms with Crippen molar-refractivity contribution in [2.24, 2.45) is 0 Å². The molecule has 1 N–H and O–H groups in total. The van der Waals surface area contributed by atoms with Crippen LogP contribution in [0.15, 0.2) is 18.2 Å². The Kier molecular flexibility index (Phi) is 4.15. The Morgan fingerprint density at radius 1 is 1.27 bits per heavy atom. The average Bonchev–Trinajstić information content (AvgIpc) is 2.16. The van der Waals surface area contributed by atoms with Gasteiger partial charge in [0.05, 0.1) is 13.2 Å². The van der Waals surface area contributed by atoms with Crippen LogP contribution >= 0.6 is 0 Å². The van der Waals surface area contributed by atoms with E-state index < -0.39 is 0 Å². The van der Waals surface area contributed by atoms with Gasteiger partial charge in [-0.25, -0.2) is 0 Å². The Labute approximate surface area is 91.9 Å². The van der Waals surface area contributed by atoms with Gasteiger partial charge in [0.25, 0.3) is 0 Å². The van der Waals surface area contributed by atoms with Gasteiger partial charge < -0.3 is 9.84 Å². The second-order valence-corrected chi connectivity index (χ2v) is 4.28. The fourth-order valence-electron chi connectivity index (χ4n) is 1.70. The molecule has 0 aromatic heterocycles. The van der Waals surface area contributed by atoms with Crippen LogP contribution in [-0.2, 0) is 6.42 Å². The summed E-state index contributed by atoms with van der Waals surface area (Å²) in [5.74, 6) is 1.37. The molecule has 0 aliphatic rings. The third kappa shape index (κ3) is 3.24. The number of rotatable bonds is 4. The Hall–Kier alpha value is -1.02. The SMILES string of the molecule is COc1ccc(CC(C)O)cc1C(C)C. The van der Waals surface area contributed by atoms with Crippen LogP contribution in [0.1, 0.15) is 37.8 Å². The van der Waals surface area contributed by atoms with Gasteiger partial charge in [-0.05, 0) is 36.5 Å². The van der Waals surface area contributed by atoms with Crippen molar-refractivity contribution in [2.45, 2.75) is 39.2 Å². The molecule has 1 unspecified atom stereocenters. The predicted molar refractivity (Wildman–Crippen MR) is 62.5 cm³/mol. The average molecular weight is 208 g/mol. The van der Waals surface area contributed by atoms with Gasteiger partial charge in [0, 0.05) is 0 Å². The summed E-state index contributed by atoms with van der Waals surface area (Å²) in [6.07, 6.45) is 0.405. The van der Waals surface area contributed by atoms with Crippen molar-refractivity contribution in [3.63, 3.8) is 0 Å². The molecule has 1 rings (SSSR count). The lowest BCUT2D eigenvalue weighted by Crippen LogP contribution is -2.05. The summed E-state index contributed by atoms with van der Waals surface area (Å²) >= 11 is 0. The third-order valence-corrected chi connectivity index (χ3v) is 2.45. The third-order valence-electron chi connectivity index (χ3n) is 2.45. The van der Waals surface area contributed by atoms with Crippen LogP contribution in [0.2, 0.25) is 0 Å². The zero-order chi connectivity index (χ0) is 11.4. The first-order valence-corrected chi connectivity index (χ1v) is 5.39. The van der Waals surface area contributed by atoms with Crippen LogP contribution in [0, 0.1) is 0 Å². The van der Waals surface area contributed by atoms with Gasteiger partial charge in [-0.3, -0.25) is 0 Å². The van der Waals surface area contributed by atoms with Gasteiger partial charge in [-0.2, -0.15) is 0 Å². The van der Waals surface area contributed by atoms with E-state index in [1.165, 1.54) is 5.56 Å². The maximum Gasteiger partial charge on any atom is 0.122 e. The largest absolute Gasteiger partial charge is 0.496 e. The molecule has 0 radical (unpaired) electrons. The second-order valence-electron chi connectivity index (χ2n) is 4.28. The fraction of sp³-hybridized carbons (Fsp3) is 0.538. The first-order valence-electron chi connectivity index (χ1n) is 5.39. The molecule has 0 saturated heterocycles. The van der Waals surface area contributed by atoms with Crippen LogP contribution in [0.3, 0.4) is 0 Å². The maximum atomic E-state index is 9.33. The maximum absolute atomic E-state index is 9.33. The summed E-state index contributed by atoms with van der Waals surface area (Å²) in [6, 6.07) is 6.11. The summed E-state index contributed by atoms with van der Waals surface area (Å²) in [5, 5.41) is 9.33. The second kappa shape index (κ2) is 5.17. The van der Waals surface area contributed by atoms with Crippen LogP contribution in [-0.4, -0.2) is 18.3 Å². The molecule has 0 spiro atoms. The predicted octanol–water partition coefficient (Wildman–Crippen LogP) is 2.74. The Morgan fingerprint density at radius 2 is 1.93 bits per heavy atom. The van der Waals surface area contributed by atoms with Gasteiger partial charge >= 0.3 is 0 Å². The number of aliphatic hydroxyl groups excluding tert-OH is 1. The Bertz CT molecular complexity index is 316. The topological polar surface area (TPSA) is 29.5 Å². The number of hydrogen-bond donors (Lipinski definition) is 1. The molecule has 0 bridgehead atoms. The number of methoxy groups -OCH3 is 1. The highest BCUT2D eigenvalue weighted by Gasteiger charge is 2.09. The molecule has 0 aliphatic carbocycles. The van der Waals surface area contributed by atoms with E-state index >= 15 is 0 Å². The first kappa shape index (κ1) is 12.1.